The van der Waals surface area contributed by atoms with Gasteiger partial charge in [0, 0.05) is 17.4 Å². The van der Waals surface area contributed by atoms with Crippen LogP contribution < -0.4 is 5.32 Å². The van der Waals surface area contributed by atoms with Crippen LogP contribution in [0.15, 0.2) is 35.7 Å². The molecule has 1 atom stereocenters. The summed E-state index contributed by atoms with van der Waals surface area (Å²) in [4.78, 5) is 16.8. The average Bonchev–Trinajstić information content (AvgIpc) is 3.19. The molecule has 1 unspecified atom stereocenters. The summed E-state index contributed by atoms with van der Waals surface area (Å²) < 4.78 is 0. The van der Waals surface area contributed by atoms with Crippen LogP contribution >= 0.6 is 11.3 Å². The van der Waals surface area contributed by atoms with Crippen molar-refractivity contribution in [1.82, 2.24) is 10.3 Å². The standard InChI is InChI=1S/C18H22N2OS/c1-13(19-17(21)11-14-7-5-6-8-14)18-20-16(12-22-18)15-9-3-2-4-10-15/h2-4,9-10,12-14H,5-8,11H2,1H3,(H,19,21). The molecule has 116 valence electrons. The van der Waals surface area contributed by atoms with E-state index in [1.54, 1.807) is 11.3 Å². The molecule has 1 amide bonds. The molecule has 3 rings (SSSR count). The number of hydrogen-bond donors (Lipinski definition) is 1. The molecule has 22 heavy (non-hydrogen) atoms. The van der Waals surface area contributed by atoms with E-state index in [0.717, 1.165) is 16.3 Å². The summed E-state index contributed by atoms with van der Waals surface area (Å²) in [6, 6.07) is 10.1. The van der Waals surface area contributed by atoms with E-state index in [0.29, 0.717) is 12.3 Å². The van der Waals surface area contributed by atoms with Gasteiger partial charge in [-0.2, -0.15) is 0 Å². The summed E-state index contributed by atoms with van der Waals surface area (Å²) in [7, 11) is 0. The zero-order valence-electron chi connectivity index (χ0n) is 12.9. The zero-order valence-corrected chi connectivity index (χ0v) is 13.7. The molecule has 1 aromatic heterocycles. The molecule has 1 saturated carbocycles. The van der Waals surface area contributed by atoms with Gasteiger partial charge in [-0.15, -0.1) is 11.3 Å². The van der Waals surface area contributed by atoms with Gasteiger partial charge < -0.3 is 5.32 Å². The van der Waals surface area contributed by atoms with Gasteiger partial charge in [0.15, 0.2) is 0 Å². The van der Waals surface area contributed by atoms with Crippen molar-refractivity contribution >= 4 is 17.2 Å². The fraction of sp³-hybridized carbons (Fsp3) is 0.444. The summed E-state index contributed by atoms with van der Waals surface area (Å²) in [5, 5.41) is 6.13. The van der Waals surface area contributed by atoms with Crippen LogP contribution in [0.5, 0.6) is 0 Å². The van der Waals surface area contributed by atoms with Crippen molar-refractivity contribution in [2.45, 2.75) is 45.1 Å². The van der Waals surface area contributed by atoms with E-state index < -0.39 is 0 Å². The molecule has 4 heteroatoms. The van der Waals surface area contributed by atoms with Crippen molar-refractivity contribution in [2.24, 2.45) is 5.92 Å². The highest BCUT2D eigenvalue weighted by Crippen LogP contribution is 2.28. The van der Waals surface area contributed by atoms with Crippen LogP contribution in [-0.4, -0.2) is 10.9 Å². The van der Waals surface area contributed by atoms with Gasteiger partial charge in [-0.25, -0.2) is 4.98 Å². The highest BCUT2D eigenvalue weighted by atomic mass is 32.1. The van der Waals surface area contributed by atoms with Crippen LogP contribution in [0, 0.1) is 5.92 Å². The lowest BCUT2D eigenvalue weighted by atomic mass is 10.0. The van der Waals surface area contributed by atoms with Crippen LogP contribution in [-0.2, 0) is 4.79 Å². The fourth-order valence-corrected chi connectivity index (χ4v) is 3.90. The Bertz CT molecular complexity index is 617. The molecule has 2 aromatic rings. The first-order valence-electron chi connectivity index (χ1n) is 8.02. The Morgan fingerprint density at radius 2 is 2.05 bits per heavy atom. The number of hydrogen-bond acceptors (Lipinski definition) is 3. The predicted molar refractivity (Wildman–Crippen MR) is 90.7 cm³/mol. The third-order valence-electron chi connectivity index (χ3n) is 4.29. The number of nitrogens with one attached hydrogen (secondary N) is 1. The lowest BCUT2D eigenvalue weighted by Crippen LogP contribution is -2.27. The van der Waals surface area contributed by atoms with E-state index in [9.17, 15) is 4.79 Å². The summed E-state index contributed by atoms with van der Waals surface area (Å²) in [6.07, 6.45) is 5.64. The molecule has 1 N–H and O–H groups in total. The first-order valence-corrected chi connectivity index (χ1v) is 8.90. The maximum atomic E-state index is 12.1. The molecule has 0 radical (unpaired) electrons. The summed E-state index contributed by atoms with van der Waals surface area (Å²) in [6.45, 7) is 2.01. The molecule has 1 heterocycles. The molecule has 0 aliphatic heterocycles. The molecule has 1 aliphatic carbocycles. The zero-order chi connectivity index (χ0) is 15.4. The monoisotopic (exact) mass is 314 g/mol. The molecule has 1 aromatic carbocycles. The number of nitrogens with zero attached hydrogens (tertiary/aromatic N) is 1. The van der Waals surface area contributed by atoms with Crippen molar-refractivity contribution in [1.29, 1.82) is 0 Å². The summed E-state index contributed by atoms with van der Waals surface area (Å²) in [5.41, 5.74) is 2.10. The van der Waals surface area contributed by atoms with E-state index in [-0.39, 0.29) is 11.9 Å². The molecule has 0 saturated heterocycles. The number of rotatable bonds is 5. The maximum Gasteiger partial charge on any atom is 0.220 e. The number of amides is 1. The third-order valence-corrected chi connectivity index (χ3v) is 5.32. The third kappa shape index (κ3) is 3.74. The Kier molecular flexibility index (Phi) is 4.88. The van der Waals surface area contributed by atoms with Crippen LogP contribution in [0.4, 0.5) is 0 Å². The quantitative estimate of drug-likeness (QED) is 0.878. The number of benzene rings is 1. The molecule has 0 spiro atoms. The first kappa shape index (κ1) is 15.2. The van der Waals surface area contributed by atoms with Gasteiger partial charge in [0.2, 0.25) is 5.91 Å². The topological polar surface area (TPSA) is 42.0 Å². The Labute approximate surface area is 135 Å². The largest absolute Gasteiger partial charge is 0.347 e. The number of carbonyl (C=O) groups is 1. The average molecular weight is 314 g/mol. The lowest BCUT2D eigenvalue weighted by Gasteiger charge is -2.13. The van der Waals surface area contributed by atoms with Gasteiger partial charge in [-0.05, 0) is 25.7 Å². The minimum Gasteiger partial charge on any atom is -0.347 e. The van der Waals surface area contributed by atoms with Crippen molar-refractivity contribution < 1.29 is 4.79 Å². The Morgan fingerprint density at radius 3 is 2.77 bits per heavy atom. The molecular formula is C18H22N2OS. The van der Waals surface area contributed by atoms with Gasteiger partial charge in [-0.1, -0.05) is 43.2 Å². The predicted octanol–water partition coefficient (Wildman–Crippen LogP) is 4.57. The van der Waals surface area contributed by atoms with Crippen LogP contribution in [0.25, 0.3) is 11.3 Å². The Morgan fingerprint density at radius 1 is 1.32 bits per heavy atom. The van der Waals surface area contributed by atoms with Crippen molar-refractivity contribution in [3.05, 3.63) is 40.7 Å². The second kappa shape index (κ2) is 7.05. The van der Waals surface area contributed by atoms with Gasteiger partial charge >= 0.3 is 0 Å². The second-order valence-corrected chi connectivity index (χ2v) is 6.97. The number of aromatic nitrogens is 1. The van der Waals surface area contributed by atoms with Gasteiger partial charge in [0.05, 0.1) is 11.7 Å². The first-order chi connectivity index (χ1) is 10.7. The van der Waals surface area contributed by atoms with Crippen LogP contribution in [0.3, 0.4) is 0 Å². The summed E-state index contributed by atoms with van der Waals surface area (Å²) >= 11 is 1.61. The maximum absolute atomic E-state index is 12.1. The summed E-state index contributed by atoms with van der Waals surface area (Å²) in [5.74, 6) is 0.749. The number of thiazole rings is 1. The molecule has 0 bridgehead atoms. The normalized spacial score (nSPS) is 16.6. The van der Waals surface area contributed by atoms with Gasteiger partial charge in [0.1, 0.15) is 5.01 Å². The van der Waals surface area contributed by atoms with Gasteiger partial charge in [0.25, 0.3) is 0 Å². The molecule has 1 fully saturated rings. The minimum absolute atomic E-state index is 0.0173. The van der Waals surface area contributed by atoms with E-state index in [4.69, 9.17) is 0 Å². The smallest absolute Gasteiger partial charge is 0.220 e. The Hall–Kier alpha value is -1.68. The molecule has 3 nitrogen and oxygen atoms in total. The highest BCUT2D eigenvalue weighted by Gasteiger charge is 2.20. The van der Waals surface area contributed by atoms with Crippen LogP contribution in [0.2, 0.25) is 0 Å². The Balaban J connectivity index is 1.59. The van der Waals surface area contributed by atoms with E-state index in [2.05, 4.69) is 27.8 Å². The van der Waals surface area contributed by atoms with E-state index in [1.165, 1.54) is 25.7 Å². The van der Waals surface area contributed by atoms with E-state index >= 15 is 0 Å². The number of carbonyl (C=O) groups excluding carboxylic acids is 1. The van der Waals surface area contributed by atoms with Crippen molar-refractivity contribution in [3.63, 3.8) is 0 Å². The minimum atomic E-state index is -0.0173. The molecule has 1 aliphatic rings. The highest BCUT2D eigenvalue weighted by molar-refractivity contribution is 7.10. The SMILES string of the molecule is CC(NC(=O)CC1CCCC1)c1nc(-c2ccccc2)cs1. The van der Waals surface area contributed by atoms with Crippen molar-refractivity contribution in [2.75, 3.05) is 0 Å². The van der Waals surface area contributed by atoms with E-state index in [1.807, 2.05) is 25.1 Å². The van der Waals surface area contributed by atoms with Crippen LogP contribution in [0.1, 0.15) is 50.1 Å². The second-order valence-electron chi connectivity index (χ2n) is 6.08. The fourth-order valence-electron chi connectivity index (χ4n) is 3.07. The van der Waals surface area contributed by atoms with Crippen molar-refractivity contribution in [3.8, 4) is 11.3 Å². The lowest BCUT2D eigenvalue weighted by molar-refractivity contribution is -0.122. The van der Waals surface area contributed by atoms with Gasteiger partial charge in [-0.3, -0.25) is 4.79 Å². The molecular weight excluding hydrogens is 292 g/mol.